The fourth-order valence-corrected chi connectivity index (χ4v) is 5.45. The van der Waals surface area contributed by atoms with Crippen LogP contribution in [-0.4, -0.2) is 17.9 Å². The number of amides is 2. The Morgan fingerprint density at radius 2 is 1.73 bits per heavy atom. The molecular formula is C18H28N2O2. The molecule has 4 aliphatic rings. The predicted octanol–water partition coefficient (Wildman–Crippen LogP) is 2.53. The van der Waals surface area contributed by atoms with Crippen molar-refractivity contribution in [2.24, 2.45) is 28.9 Å². The first-order valence-corrected chi connectivity index (χ1v) is 8.73. The molecular weight excluding hydrogens is 276 g/mol. The number of allylic oxidation sites excluding steroid dienone is 1. The van der Waals surface area contributed by atoms with Crippen molar-refractivity contribution in [3.63, 3.8) is 0 Å². The van der Waals surface area contributed by atoms with E-state index in [1.54, 1.807) is 0 Å². The molecule has 4 bridgehead atoms. The van der Waals surface area contributed by atoms with E-state index in [-0.39, 0.29) is 11.3 Å². The van der Waals surface area contributed by atoms with Crippen LogP contribution in [0.1, 0.15) is 57.8 Å². The van der Waals surface area contributed by atoms with E-state index in [0.29, 0.717) is 6.42 Å². The highest BCUT2D eigenvalue weighted by Crippen LogP contribution is 2.60. The van der Waals surface area contributed by atoms with Crippen molar-refractivity contribution < 1.29 is 9.59 Å². The first kappa shape index (κ1) is 15.6. The standard InChI is InChI=1S/C18H28N2O2/c1-2-3-4-5-15(16(19)21)20-17(22)18-9-12-6-13(10-18)8-14(7-12)11-18/h2,12-15H,1,3-11H2,(H2,19,21)(H,20,22)/t12?,13?,14?,15-,18?/m1/s1. The van der Waals surface area contributed by atoms with E-state index in [1.807, 2.05) is 6.08 Å². The maximum atomic E-state index is 12.9. The van der Waals surface area contributed by atoms with Gasteiger partial charge in [-0.15, -0.1) is 6.58 Å². The summed E-state index contributed by atoms with van der Waals surface area (Å²) in [5.74, 6) is 1.86. The first-order valence-electron chi connectivity index (χ1n) is 8.73. The molecule has 4 fully saturated rings. The van der Waals surface area contributed by atoms with Gasteiger partial charge in [-0.25, -0.2) is 0 Å². The molecule has 0 aromatic carbocycles. The SMILES string of the molecule is C=CCCC[C@@H](NC(=O)C12CC3CC(CC(C3)C1)C2)C(N)=O. The lowest BCUT2D eigenvalue weighted by Gasteiger charge is -2.55. The van der Waals surface area contributed by atoms with Crippen LogP contribution < -0.4 is 11.1 Å². The fourth-order valence-electron chi connectivity index (χ4n) is 5.45. The van der Waals surface area contributed by atoms with E-state index < -0.39 is 11.9 Å². The molecule has 22 heavy (non-hydrogen) atoms. The van der Waals surface area contributed by atoms with Gasteiger partial charge in [0.15, 0.2) is 0 Å². The van der Waals surface area contributed by atoms with Crippen molar-refractivity contribution in [3.05, 3.63) is 12.7 Å². The summed E-state index contributed by atoms with van der Waals surface area (Å²) < 4.78 is 0. The maximum absolute atomic E-state index is 12.9. The molecule has 1 atom stereocenters. The molecule has 0 aliphatic heterocycles. The molecule has 122 valence electrons. The van der Waals surface area contributed by atoms with Gasteiger partial charge in [-0.05, 0) is 75.5 Å². The highest BCUT2D eigenvalue weighted by molar-refractivity contribution is 5.89. The average molecular weight is 304 g/mol. The summed E-state index contributed by atoms with van der Waals surface area (Å²) in [6, 6.07) is -0.527. The number of nitrogens with two attached hydrogens (primary N) is 1. The molecule has 3 N–H and O–H groups in total. The van der Waals surface area contributed by atoms with E-state index in [1.165, 1.54) is 19.3 Å². The van der Waals surface area contributed by atoms with Crippen molar-refractivity contribution in [2.45, 2.75) is 63.8 Å². The van der Waals surface area contributed by atoms with Gasteiger partial charge in [0.2, 0.25) is 11.8 Å². The first-order chi connectivity index (χ1) is 10.5. The van der Waals surface area contributed by atoms with Crippen molar-refractivity contribution >= 4 is 11.8 Å². The van der Waals surface area contributed by atoms with Crippen LogP contribution in [0.15, 0.2) is 12.7 Å². The van der Waals surface area contributed by atoms with Gasteiger partial charge in [-0.2, -0.15) is 0 Å². The van der Waals surface area contributed by atoms with E-state index in [0.717, 1.165) is 49.9 Å². The molecule has 2 amide bonds. The van der Waals surface area contributed by atoms with Crippen molar-refractivity contribution in [1.29, 1.82) is 0 Å². The third kappa shape index (κ3) is 2.92. The van der Waals surface area contributed by atoms with Crippen LogP contribution in [0.3, 0.4) is 0 Å². The van der Waals surface area contributed by atoms with Crippen LogP contribution in [-0.2, 0) is 9.59 Å². The van der Waals surface area contributed by atoms with Crippen molar-refractivity contribution in [1.82, 2.24) is 5.32 Å². The maximum Gasteiger partial charge on any atom is 0.239 e. The zero-order valence-corrected chi connectivity index (χ0v) is 13.4. The lowest BCUT2D eigenvalue weighted by molar-refractivity contribution is -0.148. The third-order valence-corrected chi connectivity index (χ3v) is 6.07. The van der Waals surface area contributed by atoms with Gasteiger partial charge in [0.05, 0.1) is 0 Å². The zero-order valence-electron chi connectivity index (χ0n) is 13.4. The Morgan fingerprint density at radius 1 is 1.18 bits per heavy atom. The fraction of sp³-hybridized carbons (Fsp3) is 0.778. The van der Waals surface area contributed by atoms with Gasteiger partial charge in [-0.1, -0.05) is 6.08 Å². The summed E-state index contributed by atoms with van der Waals surface area (Å²) in [5.41, 5.74) is 5.27. The van der Waals surface area contributed by atoms with Gasteiger partial charge in [0.1, 0.15) is 6.04 Å². The molecule has 0 spiro atoms. The molecule has 4 heteroatoms. The molecule has 0 radical (unpaired) electrons. The number of hydrogen-bond donors (Lipinski definition) is 2. The minimum Gasteiger partial charge on any atom is -0.368 e. The van der Waals surface area contributed by atoms with Gasteiger partial charge < -0.3 is 11.1 Å². The van der Waals surface area contributed by atoms with Gasteiger partial charge in [0, 0.05) is 5.41 Å². The number of primary amides is 1. The molecule has 0 unspecified atom stereocenters. The summed E-state index contributed by atoms with van der Waals surface area (Å²) in [5, 5.41) is 2.98. The Bertz CT molecular complexity index is 436. The van der Waals surface area contributed by atoms with Crippen LogP contribution in [0.5, 0.6) is 0 Å². The number of carbonyl (C=O) groups excluding carboxylic acids is 2. The average Bonchev–Trinajstić information content (AvgIpc) is 2.44. The molecule has 4 aliphatic carbocycles. The molecule has 0 saturated heterocycles. The summed E-state index contributed by atoms with van der Waals surface area (Å²) in [6.07, 6.45) is 11.1. The van der Waals surface area contributed by atoms with Gasteiger partial charge >= 0.3 is 0 Å². The number of hydrogen-bond acceptors (Lipinski definition) is 2. The van der Waals surface area contributed by atoms with E-state index in [2.05, 4.69) is 11.9 Å². The van der Waals surface area contributed by atoms with Crippen molar-refractivity contribution in [2.75, 3.05) is 0 Å². The number of unbranched alkanes of at least 4 members (excludes halogenated alkanes) is 1. The van der Waals surface area contributed by atoms with Crippen molar-refractivity contribution in [3.8, 4) is 0 Å². The van der Waals surface area contributed by atoms with Crippen LogP contribution in [0.25, 0.3) is 0 Å². The number of carbonyl (C=O) groups is 2. The van der Waals surface area contributed by atoms with E-state index in [4.69, 9.17) is 5.73 Å². The molecule has 0 aromatic heterocycles. The van der Waals surface area contributed by atoms with Crippen LogP contribution >= 0.6 is 0 Å². The minimum atomic E-state index is -0.527. The van der Waals surface area contributed by atoms with E-state index >= 15 is 0 Å². The Balaban J connectivity index is 1.65. The largest absolute Gasteiger partial charge is 0.368 e. The third-order valence-electron chi connectivity index (χ3n) is 6.07. The Labute approximate surface area is 132 Å². The normalized spacial score (nSPS) is 36.8. The van der Waals surface area contributed by atoms with Gasteiger partial charge in [0.25, 0.3) is 0 Å². The molecule has 4 rings (SSSR count). The summed E-state index contributed by atoms with van der Waals surface area (Å²) in [4.78, 5) is 24.5. The second-order valence-electron chi connectivity index (χ2n) is 7.85. The summed E-state index contributed by atoms with van der Waals surface area (Å²) in [6.45, 7) is 3.69. The second-order valence-corrected chi connectivity index (χ2v) is 7.85. The monoisotopic (exact) mass is 304 g/mol. The molecule has 0 heterocycles. The number of rotatable bonds is 7. The highest BCUT2D eigenvalue weighted by atomic mass is 16.2. The zero-order chi connectivity index (χ0) is 15.7. The summed E-state index contributed by atoms with van der Waals surface area (Å²) in [7, 11) is 0. The topological polar surface area (TPSA) is 72.2 Å². The van der Waals surface area contributed by atoms with Crippen LogP contribution in [0.2, 0.25) is 0 Å². The Hall–Kier alpha value is -1.32. The van der Waals surface area contributed by atoms with Crippen LogP contribution in [0, 0.1) is 23.2 Å². The smallest absolute Gasteiger partial charge is 0.239 e. The molecule has 4 saturated carbocycles. The lowest BCUT2D eigenvalue weighted by atomic mass is 9.49. The second kappa shape index (κ2) is 6.05. The minimum absolute atomic E-state index is 0.0917. The van der Waals surface area contributed by atoms with Crippen LogP contribution in [0.4, 0.5) is 0 Å². The van der Waals surface area contributed by atoms with E-state index in [9.17, 15) is 9.59 Å². The highest BCUT2D eigenvalue weighted by Gasteiger charge is 2.54. The quantitative estimate of drug-likeness (QED) is 0.560. The molecule has 0 aromatic rings. The van der Waals surface area contributed by atoms with Gasteiger partial charge in [-0.3, -0.25) is 9.59 Å². The Morgan fingerprint density at radius 3 is 2.18 bits per heavy atom. The number of nitrogens with one attached hydrogen (secondary N) is 1. The molecule has 4 nitrogen and oxygen atoms in total. The summed E-state index contributed by atoms with van der Waals surface area (Å²) >= 11 is 0. The lowest BCUT2D eigenvalue weighted by Crippen LogP contribution is -2.56. The predicted molar refractivity (Wildman–Crippen MR) is 85.8 cm³/mol. The Kier molecular flexibility index (Phi) is 4.28.